The summed E-state index contributed by atoms with van der Waals surface area (Å²) in [7, 11) is 1.70. The van der Waals surface area contributed by atoms with Gasteiger partial charge in [0.1, 0.15) is 5.75 Å². The quantitative estimate of drug-likeness (QED) is 0.606. The van der Waals surface area contributed by atoms with Gasteiger partial charge in [0.05, 0.1) is 25.9 Å². The molecule has 5 heteroatoms. The first-order valence-corrected chi connectivity index (χ1v) is 11.7. The minimum absolute atomic E-state index is 0.108. The van der Waals surface area contributed by atoms with Crippen LogP contribution in [0.2, 0.25) is 0 Å². The van der Waals surface area contributed by atoms with Crippen molar-refractivity contribution in [2.45, 2.75) is 50.4 Å². The largest absolute Gasteiger partial charge is 0.497 e. The second kappa shape index (κ2) is 11.1. The fourth-order valence-corrected chi connectivity index (χ4v) is 4.89. The Hall–Kier alpha value is -1.92. The number of aryl methyl sites for hydroxylation is 1. The van der Waals surface area contributed by atoms with Crippen LogP contribution in [0.5, 0.6) is 5.75 Å². The van der Waals surface area contributed by atoms with E-state index in [1.807, 2.05) is 12.1 Å². The molecular formula is C26H36N2O3. The Morgan fingerprint density at radius 3 is 2.58 bits per heavy atom. The van der Waals surface area contributed by atoms with Crippen LogP contribution in [0.15, 0.2) is 48.5 Å². The average Bonchev–Trinajstić information content (AvgIpc) is 3.35. The second-order valence-corrected chi connectivity index (χ2v) is 8.76. The second-order valence-electron chi connectivity index (χ2n) is 8.76. The first-order chi connectivity index (χ1) is 15.2. The van der Waals surface area contributed by atoms with Crippen LogP contribution >= 0.6 is 0 Å². The molecule has 1 aliphatic heterocycles. The SMILES string of the molecule is COc1ccc([C@H](CNC[C@H](O)CO[C@@H]2CCCc3ccccc32)N2CCCC2)cc1. The molecular weight excluding hydrogens is 388 g/mol. The van der Waals surface area contributed by atoms with Gasteiger partial charge in [-0.1, -0.05) is 36.4 Å². The Morgan fingerprint density at radius 1 is 1.03 bits per heavy atom. The number of nitrogens with one attached hydrogen (secondary N) is 1. The summed E-state index contributed by atoms with van der Waals surface area (Å²) in [6, 6.07) is 17.2. The number of ether oxygens (including phenoxy) is 2. The van der Waals surface area contributed by atoms with Gasteiger partial charge in [-0.05, 0) is 74.0 Å². The summed E-state index contributed by atoms with van der Waals surface area (Å²) >= 11 is 0. The van der Waals surface area contributed by atoms with Crippen LogP contribution in [0.1, 0.15) is 54.5 Å². The molecule has 1 heterocycles. The molecule has 168 valence electrons. The number of aliphatic hydroxyl groups excluding tert-OH is 1. The molecule has 4 rings (SSSR count). The Balaban J connectivity index is 1.27. The van der Waals surface area contributed by atoms with Gasteiger partial charge in [-0.25, -0.2) is 0 Å². The summed E-state index contributed by atoms with van der Waals surface area (Å²) in [6.07, 6.45) is 5.42. The van der Waals surface area contributed by atoms with Crippen LogP contribution in [0.3, 0.4) is 0 Å². The summed E-state index contributed by atoms with van der Waals surface area (Å²) in [5, 5.41) is 14.0. The summed E-state index contributed by atoms with van der Waals surface area (Å²) in [6.45, 7) is 3.98. The van der Waals surface area contributed by atoms with E-state index in [1.165, 1.54) is 29.5 Å². The van der Waals surface area contributed by atoms with E-state index >= 15 is 0 Å². The molecule has 2 aromatic rings. The van der Waals surface area contributed by atoms with E-state index in [-0.39, 0.29) is 6.10 Å². The van der Waals surface area contributed by atoms with Crippen molar-refractivity contribution in [3.05, 3.63) is 65.2 Å². The lowest BCUT2D eigenvalue weighted by atomic mass is 9.89. The van der Waals surface area contributed by atoms with Crippen LogP contribution in [0.4, 0.5) is 0 Å². The number of benzene rings is 2. The van der Waals surface area contributed by atoms with Crippen LogP contribution in [0.25, 0.3) is 0 Å². The Kier molecular flexibility index (Phi) is 7.97. The van der Waals surface area contributed by atoms with E-state index in [0.29, 0.717) is 19.2 Å². The molecule has 0 bridgehead atoms. The highest BCUT2D eigenvalue weighted by Gasteiger charge is 2.24. The lowest BCUT2D eigenvalue weighted by Crippen LogP contribution is -2.38. The molecule has 0 radical (unpaired) electrons. The summed E-state index contributed by atoms with van der Waals surface area (Å²) in [5.41, 5.74) is 3.97. The number of rotatable bonds is 10. The first-order valence-electron chi connectivity index (χ1n) is 11.7. The number of hydrogen-bond donors (Lipinski definition) is 2. The van der Waals surface area contributed by atoms with Crippen molar-refractivity contribution in [3.8, 4) is 5.75 Å². The molecule has 3 atom stereocenters. The molecule has 0 amide bonds. The number of hydrogen-bond acceptors (Lipinski definition) is 5. The molecule has 2 aromatic carbocycles. The number of nitrogens with zero attached hydrogens (tertiary/aromatic N) is 1. The predicted octanol–water partition coefficient (Wildman–Crippen LogP) is 3.88. The number of fused-ring (bicyclic) bond motifs is 1. The van der Waals surface area contributed by atoms with E-state index in [9.17, 15) is 5.11 Å². The molecule has 1 saturated heterocycles. The zero-order chi connectivity index (χ0) is 21.5. The highest BCUT2D eigenvalue weighted by molar-refractivity contribution is 5.31. The van der Waals surface area contributed by atoms with Gasteiger partial charge in [-0.2, -0.15) is 0 Å². The Morgan fingerprint density at radius 2 is 1.81 bits per heavy atom. The molecule has 0 saturated carbocycles. The number of methoxy groups -OCH3 is 1. The van der Waals surface area contributed by atoms with Gasteiger partial charge >= 0.3 is 0 Å². The zero-order valence-corrected chi connectivity index (χ0v) is 18.6. The molecule has 2 aliphatic rings. The number of likely N-dealkylation sites (tertiary alicyclic amines) is 1. The average molecular weight is 425 g/mol. The van der Waals surface area contributed by atoms with Crippen LogP contribution < -0.4 is 10.1 Å². The van der Waals surface area contributed by atoms with Crippen LogP contribution in [-0.2, 0) is 11.2 Å². The smallest absolute Gasteiger partial charge is 0.118 e. The highest BCUT2D eigenvalue weighted by atomic mass is 16.5. The van der Waals surface area contributed by atoms with Gasteiger partial charge in [0.2, 0.25) is 0 Å². The lowest BCUT2D eigenvalue weighted by Gasteiger charge is -2.29. The Labute approximate surface area is 186 Å². The van der Waals surface area contributed by atoms with Crippen molar-refractivity contribution in [3.63, 3.8) is 0 Å². The van der Waals surface area contributed by atoms with E-state index in [2.05, 4.69) is 46.6 Å². The van der Waals surface area contributed by atoms with Crippen molar-refractivity contribution in [1.29, 1.82) is 0 Å². The van der Waals surface area contributed by atoms with Crippen molar-refractivity contribution in [2.24, 2.45) is 0 Å². The highest BCUT2D eigenvalue weighted by Crippen LogP contribution is 2.32. The zero-order valence-electron chi connectivity index (χ0n) is 18.6. The van der Waals surface area contributed by atoms with E-state index in [1.54, 1.807) is 7.11 Å². The minimum atomic E-state index is -0.510. The fraction of sp³-hybridized carbons (Fsp3) is 0.538. The van der Waals surface area contributed by atoms with Gasteiger partial charge in [0.15, 0.2) is 0 Å². The van der Waals surface area contributed by atoms with E-state index in [0.717, 1.165) is 44.6 Å². The molecule has 1 aliphatic carbocycles. The fourth-order valence-electron chi connectivity index (χ4n) is 4.89. The maximum absolute atomic E-state index is 10.5. The van der Waals surface area contributed by atoms with Gasteiger partial charge < -0.3 is 19.9 Å². The monoisotopic (exact) mass is 424 g/mol. The molecule has 0 aromatic heterocycles. The van der Waals surface area contributed by atoms with Gasteiger partial charge in [0, 0.05) is 19.1 Å². The van der Waals surface area contributed by atoms with Crippen LogP contribution in [-0.4, -0.2) is 56.0 Å². The van der Waals surface area contributed by atoms with Crippen molar-refractivity contribution >= 4 is 0 Å². The standard InChI is InChI=1S/C26H36N2O3/c1-30-23-13-11-21(12-14-23)25(28-15-4-5-16-28)18-27-17-22(29)19-31-26-10-6-8-20-7-2-3-9-24(20)26/h2-3,7,9,11-14,22,25-27,29H,4-6,8,10,15-19H2,1H3/t22-,25-,26+/m0/s1. The van der Waals surface area contributed by atoms with E-state index in [4.69, 9.17) is 9.47 Å². The third kappa shape index (κ3) is 5.86. The normalized spacial score (nSPS) is 20.9. The summed E-state index contributed by atoms with van der Waals surface area (Å²) in [4.78, 5) is 2.54. The predicted molar refractivity (Wildman–Crippen MR) is 123 cm³/mol. The summed E-state index contributed by atoms with van der Waals surface area (Å²) < 4.78 is 11.4. The first kappa shape index (κ1) is 22.3. The lowest BCUT2D eigenvalue weighted by molar-refractivity contribution is -0.0170. The third-order valence-electron chi connectivity index (χ3n) is 6.60. The molecule has 2 N–H and O–H groups in total. The van der Waals surface area contributed by atoms with Crippen molar-refractivity contribution in [1.82, 2.24) is 10.2 Å². The van der Waals surface area contributed by atoms with Crippen molar-refractivity contribution < 1.29 is 14.6 Å². The van der Waals surface area contributed by atoms with Crippen molar-refractivity contribution in [2.75, 3.05) is 39.9 Å². The molecule has 5 nitrogen and oxygen atoms in total. The number of aliphatic hydroxyl groups is 1. The van der Waals surface area contributed by atoms with Gasteiger partial charge in [-0.3, -0.25) is 4.90 Å². The maximum Gasteiger partial charge on any atom is 0.118 e. The molecule has 0 spiro atoms. The topological polar surface area (TPSA) is 54.0 Å². The van der Waals surface area contributed by atoms with Gasteiger partial charge in [-0.15, -0.1) is 0 Å². The van der Waals surface area contributed by atoms with Crippen LogP contribution in [0, 0.1) is 0 Å². The van der Waals surface area contributed by atoms with E-state index < -0.39 is 6.10 Å². The molecule has 1 fully saturated rings. The summed E-state index contributed by atoms with van der Waals surface area (Å²) in [5.74, 6) is 0.883. The minimum Gasteiger partial charge on any atom is -0.497 e. The van der Waals surface area contributed by atoms with Gasteiger partial charge in [0.25, 0.3) is 0 Å². The molecule has 0 unspecified atom stereocenters. The third-order valence-corrected chi connectivity index (χ3v) is 6.60. The maximum atomic E-state index is 10.5. The Bertz CT molecular complexity index is 805. The molecule has 31 heavy (non-hydrogen) atoms.